The Kier molecular flexibility index (Phi) is 9.97. The molecule has 0 aliphatic rings. The lowest BCUT2D eigenvalue weighted by Crippen LogP contribution is -2.35. The minimum absolute atomic E-state index is 0.243. The quantitative estimate of drug-likeness (QED) is 0.522. The molecule has 1 atom stereocenters. The number of aliphatic hydroxyl groups is 1. The Morgan fingerprint density at radius 3 is 2.48 bits per heavy atom. The Morgan fingerprint density at radius 2 is 1.86 bits per heavy atom. The molecule has 2 aromatic rings. The molecule has 29 heavy (non-hydrogen) atoms. The number of aliphatic hydroxyl groups excluding tert-OH is 1. The second kappa shape index (κ2) is 12.5. The van der Waals surface area contributed by atoms with Gasteiger partial charge in [0, 0.05) is 32.0 Å². The Bertz CT molecular complexity index is 689. The molecule has 0 saturated carbocycles. The van der Waals surface area contributed by atoms with Crippen LogP contribution in [0.3, 0.4) is 0 Å². The summed E-state index contributed by atoms with van der Waals surface area (Å²) in [4.78, 5) is 4.54. The van der Waals surface area contributed by atoms with Crippen LogP contribution >= 0.6 is 0 Å². The van der Waals surface area contributed by atoms with Crippen LogP contribution in [0.25, 0.3) is 0 Å². The van der Waals surface area contributed by atoms with E-state index in [0.29, 0.717) is 18.0 Å². The van der Waals surface area contributed by atoms with Gasteiger partial charge in [-0.15, -0.1) is 0 Å². The van der Waals surface area contributed by atoms with E-state index in [2.05, 4.69) is 41.7 Å². The maximum atomic E-state index is 10.3. The first-order valence-electron chi connectivity index (χ1n) is 10.5. The van der Waals surface area contributed by atoms with Crippen molar-refractivity contribution in [2.45, 2.75) is 40.0 Å². The smallest absolute Gasteiger partial charge is 0.161 e. The topological polar surface area (TPSA) is 63.0 Å². The molecule has 0 bridgehead atoms. The van der Waals surface area contributed by atoms with Gasteiger partial charge in [-0.2, -0.15) is 5.10 Å². The molecule has 0 fully saturated rings. The summed E-state index contributed by atoms with van der Waals surface area (Å²) in [6, 6.07) is 7.95. The van der Waals surface area contributed by atoms with Crippen LogP contribution in [-0.4, -0.2) is 77.2 Å². The van der Waals surface area contributed by atoms with Crippen molar-refractivity contribution in [3.05, 3.63) is 42.2 Å². The number of hydrogen-bond acceptors (Lipinski definition) is 6. The molecule has 0 aliphatic carbocycles. The zero-order valence-electron chi connectivity index (χ0n) is 18.3. The zero-order valence-corrected chi connectivity index (χ0v) is 18.3. The molecule has 1 aromatic heterocycles. The monoisotopic (exact) mass is 404 g/mol. The maximum Gasteiger partial charge on any atom is 0.161 e. The third-order valence-corrected chi connectivity index (χ3v) is 5.08. The van der Waals surface area contributed by atoms with Gasteiger partial charge in [0.2, 0.25) is 0 Å². The van der Waals surface area contributed by atoms with E-state index in [-0.39, 0.29) is 6.61 Å². The van der Waals surface area contributed by atoms with Gasteiger partial charge in [0.25, 0.3) is 0 Å². The van der Waals surface area contributed by atoms with Gasteiger partial charge in [-0.05, 0) is 43.4 Å². The second-order valence-electron chi connectivity index (χ2n) is 7.07. The first-order chi connectivity index (χ1) is 14.1. The zero-order chi connectivity index (χ0) is 21.1. The van der Waals surface area contributed by atoms with Gasteiger partial charge in [0.15, 0.2) is 11.5 Å². The molecule has 0 spiro atoms. The van der Waals surface area contributed by atoms with Crippen molar-refractivity contribution < 1.29 is 14.6 Å². The Hall–Kier alpha value is -2.09. The van der Waals surface area contributed by atoms with Gasteiger partial charge >= 0.3 is 0 Å². The van der Waals surface area contributed by atoms with E-state index in [0.717, 1.165) is 44.8 Å². The third kappa shape index (κ3) is 7.68. The number of methoxy groups -OCH3 is 1. The molecule has 1 N–H and O–H groups in total. The van der Waals surface area contributed by atoms with Crippen molar-refractivity contribution >= 4 is 0 Å². The van der Waals surface area contributed by atoms with Gasteiger partial charge in [0.05, 0.1) is 13.7 Å². The molecule has 0 radical (unpaired) electrons. The molecule has 0 saturated heterocycles. The van der Waals surface area contributed by atoms with Crippen LogP contribution in [0.5, 0.6) is 11.5 Å². The van der Waals surface area contributed by atoms with Crippen LogP contribution in [-0.2, 0) is 13.1 Å². The summed E-state index contributed by atoms with van der Waals surface area (Å²) in [5.74, 6) is 1.36. The van der Waals surface area contributed by atoms with E-state index < -0.39 is 6.10 Å². The summed E-state index contributed by atoms with van der Waals surface area (Å²) in [6.07, 6.45) is 3.25. The Balaban J connectivity index is 1.95. The van der Waals surface area contributed by atoms with E-state index in [1.165, 1.54) is 0 Å². The fourth-order valence-corrected chi connectivity index (χ4v) is 3.23. The van der Waals surface area contributed by atoms with Crippen molar-refractivity contribution in [3.8, 4) is 11.5 Å². The van der Waals surface area contributed by atoms with Crippen LogP contribution in [0.4, 0.5) is 0 Å². The Labute approximate surface area is 174 Å². The van der Waals surface area contributed by atoms with Crippen molar-refractivity contribution in [1.82, 2.24) is 19.6 Å². The van der Waals surface area contributed by atoms with Crippen LogP contribution in [0.1, 0.15) is 26.3 Å². The predicted molar refractivity (Wildman–Crippen MR) is 115 cm³/mol. The first kappa shape index (κ1) is 23.2. The highest BCUT2D eigenvalue weighted by atomic mass is 16.5. The van der Waals surface area contributed by atoms with Gasteiger partial charge in [0.1, 0.15) is 12.7 Å². The van der Waals surface area contributed by atoms with E-state index in [4.69, 9.17) is 9.47 Å². The minimum Gasteiger partial charge on any atom is -0.493 e. The fraction of sp³-hybridized carbons (Fsp3) is 0.591. The van der Waals surface area contributed by atoms with Crippen LogP contribution in [0.2, 0.25) is 0 Å². The third-order valence-electron chi connectivity index (χ3n) is 5.08. The van der Waals surface area contributed by atoms with E-state index >= 15 is 0 Å². The molecule has 1 heterocycles. The number of ether oxygens (including phenoxy) is 2. The average Bonchev–Trinajstić information content (AvgIpc) is 3.27. The van der Waals surface area contributed by atoms with Crippen LogP contribution < -0.4 is 9.47 Å². The SMILES string of the molecule is CCN(CCn1cccn1)Cc1ccc(OC)c(OC[C@H](O)CN(CC)CC)c1. The molecule has 1 aromatic carbocycles. The van der Waals surface area contributed by atoms with Crippen molar-refractivity contribution in [3.63, 3.8) is 0 Å². The number of rotatable bonds is 14. The second-order valence-corrected chi connectivity index (χ2v) is 7.07. The number of benzene rings is 1. The lowest BCUT2D eigenvalue weighted by Gasteiger charge is -2.23. The lowest BCUT2D eigenvalue weighted by molar-refractivity contribution is 0.0705. The highest BCUT2D eigenvalue weighted by molar-refractivity contribution is 5.43. The Morgan fingerprint density at radius 1 is 1.10 bits per heavy atom. The molecule has 2 rings (SSSR count). The highest BCUT2D eigenvalue weighted by Crippen LogP contribution is 2.28. The molecule has 162 valence electrons. The first-order valence-corrected chi connectivity index (χ1v) is 10.5. The van der Waals surface area contributed by atoms with Crippen LogP contribution in [0.15, 0.2) is 36.7 Å². The molecule has 0 unspecified atom stereocenters. The lowest BCUT2D eigenvalue weighted by atomic mass is 10.2. The summed E-state index contributed by atoms with van der Waals surface area (Å²) in [7, 11) is 1.64. The van der Waals surface area contributed by atoms with Gasteiger partial charge in [-0.1, -0.05) is 26.8 Å². The summed E-state index contributed by atoms with van der Waals surface area (Å²) >= 11 is 0. The summed E-state index contributed by atoms with van der Waals surface area (Å²) in [5.41, 5.74) is 1.15. The number of hydrogen-bond donors (Lipinski definition) is 1. The highest BCUT2D eigenvalue weighted by Gasteiger charge is 2.13. The predicted octanol–water partition coefficient (Wildman–Crippen LogP) is 2.50. The molecule has 0 aliphatic heterocycles. The fourth-order valence-electron chi connectivity index (χ4n) is 3.23. The molecule has 7 heteroatoms. The van der Waals surface area contributed by atoms with E-state index in [1.807, 2.05) is 29.1 Å². The van der Waals surface area contributed by atoms with Crippen molar-refractivity contribution in [1.29, 1.82) is 0 Å². The summed E-state index contributed by atoms with van der Waals surface area (Å²) in [5, 5.41) is 14.6. The minimum atomic E-state index is -0.538. The van der Waals surface area contributed by atoms with Gasteiger partial charge in [-0.25, -0.2) is 0 Å². The van der Waals surface area contributed by atoms with E-state index in [9.17, 15) is 5.11 Å². The largest absolute Gasteiger partial charge is 0.493 e. The molecular weight excluding hydrogens is 368 g/mol. The van der Waals surface area contributed by atoms with Crippen LogP contribution in [0, 0.1) is 0 Å². The number of nitrogens with zero attached hydrogens (tertiary/aromatic N) is 4. The molecule has 7 nitrogen and oxygen atoms in total. The standard InChI is InChI=1S/C22H36N4O3/c1-5-24(6-2)17-20(27)18-29-22-15-19(9-10-21(22)28-4)16-25(7-3)13-14-26-12-8-11-23-26/h8-12,15,20,27H,5-7,13-14,16-18H2,1-4H3/t20-/m1/s1. The van der Waals surface area contributed by atoms with Crippen molar-refractivity contribution in [2.75, 3.05) is 46.4 Å². The summed E-state index contributed by atoms with van der Waals surface area (Å²) in [6.45, 7) is 12.6. The van der Waals surface area contributed by atoms with Crippen molar-refractivity contribution in [2.24, 2.45) is 0 Å². The average molecular weight is 405 g/mol. The van der Waals surface area contributed by atoms with E-state index in [1.54, 1.807) is 13.3 Å². The molecule has 0 amide bonds. The number of likely N-dealkylation sites (N-methyl/N-ethyl adjacent to an activating group) is 2. The summed E-state index contributed by atoms with van der Waals surface area (Å²) < 4.78 is 13.3. The van der Waals surface area contributed by atoms with Gasteiger partial charge in [-0.3, -0.25) is 9.58 Å². The van der Waals surface area contributed by atoms with Gasteiger partial charge < -0.3 is 19.5 Å². The molecular formula is C22H36N4O3. The normalized spacial score (nSPS) is 12.5. The number of aromatic nitrogens is 2. The maximum absolute atomic E-state index is 10.3.